The third-order valence-electron chi connectivity index (χ3n) is 10.7. The van der Waals surface area contributed by atoms with E-state index in [9.17, 15) is 0 Å². The molecule has 10 rings (SSSR count). The second-order valence-electron chi connectivity index (χ2n) is 14.1. The summed E-state index contributed by atoms with van der Waals surface area (Å²) < 4.78 is 7.11. The van der Waals surface area contributed by atoms with Crippen molar-refractivity contribution in [3.63, 3.8) is 0 Å². The number of hydrogen-bond acceptors (Lipinski definition) is 3. The zero-order valence-electron chi connectivity index (χ0n) is 30.8. The van der Waals surface area contributed by atoms with Gasteiger partial charge in [0.1, 0.15) is 11.5 Å². The zero-order valence-corrected chi connectivity index (χ0v) is 30.8. The molecule has 0 saturated heterocycles. The lowest BCUT2D eigenvalue weighted by Crippen LogP contribution is -2.09. The molecule has 0 N–H and O–H groups in total. The second kappa shape index (κ2) is 14.5. The molecular weight excluding hydrogens is 681 g/mol. The molecule has 0 saturated carbocycles. The first kappa shape index (κ1) is 33.2. The predicted molar refractivity (Wildman–Crippen MR) is 234 cm³/mol. The van der Waals surface area contributed by atoms with Crippen molar-refractivity contribution in [3.05, 3.63) is 230 Å². The van der Waals surface area contributed by atoms with E-state index < -0.39 is 0 Å². The van der Waals surface area contributed by atoms with Gasteiger partial charge < -0.3 is 14.5 Å². The van der Waals surface area contributed by atoms with Crippen LogP contribution in [0.1, 0.15) is 11.1 Å². The SMILES string of the molecule is c1ccc(N(c2ccccc2)c2ccc(Cc3ccc4cccc5c4c3Oc3c(-c4ccc(N(c6ccccc6)c6ccccc6)cc4)cccc3-5)cc2)cc1. The van der Waals surface area contributed by atoms with Crippen molar-refractivity contribution in [3.8, 4) is 33.8 Å². The van der Waals surface area contributed by atoms with Gasteiger partial charge in [0.25, 0.3) is 0 Å². The number of ether oxygens (including phenoxy) is 1. The van der Waals surface area contributed by atoms with E-state index in [-0.39, 0.29) is 0 Å². The molecule has 0 bridgehead atoms. The number of anilines is 6. The number of benzene rings is 9. The molecule has 0 aliphatic carbocycles. The Morgan fingerprint density at radius 2 is 0.768 bits per heavy atom. The summed E-state index contributed by atoms with van der Waals surface area (Å²) in [6.45, 7) is 0. The van der Waals surface area contributed by atoms with Crippen molar-refractivity contribution in [2.45, 2.75) is 6.42 Å². The zero-order chi connectivity index (χ0) is 37.3. The minimum Gasteiger partial charge on any atom is -0.455 e. The van der Waals surface area contributed by atoms with E-state index in [2.05, 4.69) is 228 Å². The van der Waals surface area contributed by atoms with Crippen molar-refractivity contribution in [2.24, 2.45) is 0 Å². The van der Waals surface area contributed by atoms with Gasteiger partial charge in [0.05, 0.1) is 0 Å². The van der Waals surface area contributed by atoms with E-state index in [1.54, 1.807) is 0 Å². The summed E-state index contributed by atoms with van der Waals surface area (Å²) in [5.41, 5.74) is 13.6. The Labute approximate surface area is 328 Å². The highest BCUT2D eigenvalue weighted by Gasteiger charge is 2.25. The molecule has 56 heavy (non-hydrogen) atoms. The maximum atomic E-state index is 7.11. The van der Waals surface area contributed by atoms with Crippen molar-refractivity contribution in [1.82, 2.24) is 0 Å². The van der Waals surface area contributed by atoms with Crippen molar-refractivity contribution < 1.29 is 4.74 Å². The summed E-state index contributed by atoms with van der Waals surface area (Å²) in [7, 11) is 0. The van der Waals surface area contributed by atoms with Gasteiger partial charge in [-0.25, -0.2) is 0 Å². The highest BCUT2D eigenvalue weighted by molar-refractivity contribution is 6.06. The highest BCUT2D eigenvalue weighted by Crippen LogP contribution is 2.52. The van der Waals surface area contributed by atoms with Gasteiger partial charge in [0.2, 0.25) is 0 Å². The molecule has 3 nitrogen and oxygen atoms in total. The standard InChI is InChI=1S/C53H38N2O/c1-5-16-42(17-6-1)54(43-18-7-2-8-19-43)46-33-27-38(28-34-46)37-41-30-29-40-15-13-25-49-50-26-14-24-48(53(50)56-52(41)51(40)49)39-31-35-47(36-32-39)55(44-20-9-3-10-21-44)45-22-11-4-12-23-45/h1-36H,37H2. The van der Waals surface area contributed by atoms with Crippen LogP contribution >= 0.6 is 0 Å². The Morgan fingerprint density at radius 3 is 1.30 bits per heavy atom. The third kappa shape index (κ3) is 6.15. The summed E-state index contributed by atoms with van der Waals surface area (Å²) in [5, 5.41) is 2.35. The molecule has 1 aliphatic heterocycles. The minimum absolute atomic E-state index is 0.748. The van der Waals surface area contributed by atoms with Crippen LogP contribution in [0, 0.1) is 0 Å². The lowest BCUT2D eigenvalue weighted by atomic mass is 9.89. The normalized spacial score (nSPS) is 11.4. The Balaban J connectivity index is 0.995. The smallest absolute Gasteiger partial charge is 0.143 e. The van der Waals surface area contributed by atoms with Gasteiger partial charge in [0, 0.05) is 57.1 Å². The monoisotopic (exact) mass is 718 g/mol. The molecule has 266 valence electrons. The highest BCUT2D eigenvalue weighted by atomic mass is 16.5. The second-order valence-corrected chi connectivity index (χ2v) is 14.1. The summed E-state index contributed by atoms with van der Waals surface area (Å²) in [6, 6.07) is 77.5. The van der Waals surface area contributed by atoms with Crippen molar-refractivity contribution in [2.75, 3.05) is 9.80 Å². The molecule has 9 aromatic rings. The molecular formula is C53H38N2O. The van der Waals surface area contributed by atoms with Crippen molar-refractivity contribution in [1.29, 1.82) is 0 Å². The summed E-state index contributed by atoms with van der Waals surface area (Å²) in [6.07, 6.45) is 0.748. The van der Waals surface area contributed by atoms with Gasteiger partial charge in [-0.3, -0.25) is 0 Å². The molecule has 0 spiro atoms. The maximum absolute atomic E-state index is 7.11. The number of hydrogen-bond donors (Lipinski definition) is 0. The van der Waals surface area contributed by atoms with Crippen LogP contribution < -0.4 is 14.5 Å². The van der Waals surface area contributed by atoms with Crippen LogP contribution in [0.3, 0.4) is 0 Å². The van der Waals surface area contributed by atoms with Crippen LogP contribution in [0.2, 0.25) is 0 Å². The Bertz CT molecular complexity index is 2690. The van der Waals surface area contributed by atoms with E-state index in [0.717, 1.165) is 74.3 Å². The first-order chi connectivity index (χ1) is 27.8. The van der Waals surface area contributed by atoms with E-state index in [1.807, 2.05) is 0 Å². The average molecular weight is 719 g/mol. The Kier molecular flexibility index (Phi) is 8.58. The van der Waals surface area contributed by atoms with Gasteiger partial charge in [-0.15, -0.1) is 0 Å². The number of rotatable bonds is 9. The molecule has 1 heterocycles. The number of nitrogens with zero attached hydrogens (tertiary/aromatic N) is 2. The lowest BCUT2D eigenvalue weighted by Gasteiger charge is -2.27. The summed E-state index contributed by atoms with van der Waals surface area (Å²) in [5.74, 6) is 1.83. The van der Waals surface area contributed by atoms with Gasteiger partial charge >= 0.3 is 0 Å². The molecule has 0 fully saturated rings. The minimum atomic E-state index is 0.748. The van der Waals surface area contributed by atoms with Crippen LogP contribution in [0.25, 0.3) is 33.0 Å². The summed E-state index contributed by atoms with van der Waals surface area (Å²) in [4.78, 5) is 4.59. The van der Waals surface area contributed by atoms with Gasteiger partial charge in [-0.05, 0) is 100 Å². The quantitative estimate of drug-likeness (QED) is 0.148. The van der Waals surface area contributed by atoms with E-state index in [0.29, 0.717) is 0 Å². The molecule has 1 aliphatic rings. The topological polar surface area (TPSA) is 15.7 Å². The molecule has 9 aromatic carbocycles. The van der Waals surface area contributed by atoms with Crippen LogP contribution in [-0.2, 0) is 6.42 Å². The molecule has 0 atom stereocenters. The fraction of sp³-hybridized carbons (Fsp3) is 0.0189. The first-order valence-electron chi connectivity index (χ1n) is 19.1. The molecule has 0 amide bonds. The van der Waals surface area contributed by atoms with E-state index in [4.69, 9.17) is 4.74 Å². The fourth-order valence-corrected chi connectivity index (χ4v) is 8.03. The molecule has 0 radical (unpaired) electrons. The largest absolute Gasteiger partial charge is 0.455 e. The average Bonchev–Trinajstić information content (AvgIpc) is 3.27. The van der Waals surface area contributed by atoms with Crippen LogP contribution in [0.15, 0.2) is 218 Å². The van der Waals surface area contributed by atoms with E-state index in [1.165, 1.54) is 21.9 Å². The lowest BCUT2D eigenvalue weighted by molar-refractivity contribution is 0.483. The van der Waals surface area contributed by atoms with Gasteiger partial charge in [-0.2, -0.15) is 0 Å². The first-order valence-corrected chi connectivity index (χ1v) is 19.1. The maximum Gasteiger partial charge on any atom is 0.143 e. The fourth-order valence-electron chi connectivity index (χ4n) is 8.03. The summed E-state index contributed by atoms with van der Waals surface area (Å²) >= 11 is 0. The van der Waals surface area contributed by atoms with Crippen molar-refractivity contribution >= 4 is 44.9 Å². The van der Waals surface area contributed by atoms with Crippen LogP contribution in [0.4, 0.5) is 34.1 Å². The molecule has 0 unspecified atom stereocenters. The molecule has 0 aromatic heterocycles. The van der Waals surface area contributed by atoms with Crippen LogP contribution in [0.5, 0.6) is 11.5 Å². The van der Waals surface area contributed by atoms with Gasteiger partial charge in [-0.1, -0.05) is 146 Å². The Hall–Kier alpha value is -7.36. The van der Waals surface area contributed by atoms with Gasteiger partial charge in [0.15, 0.2) is 0 Å². The number of fused-ring (bicyclic) bond motifs is 2. The van der Waals surface area contributed by atoms with Crippen LogP contribution in [-0.4, -0.2) is 0 Å². The third-order valence-corrected chi connectivity index (χ3v) is 10.7. The van der Waals surface area contributed by atoms with E-state index >= 15 is 0 Å². The predicted octanol–water partition coefficient (Wildman–Crippen LogP) is 14.8. The number of para-hydroxylation sites is 5. The Morgan fingerprint density at radius 1 is 0.321 bits per heavy atom. The molecule has 3 heteroatoms.